The number of aromatic nitrogens is 3. The van der Waals surface area contributed by atoms with Gasteiger partial charge in [0, 0.05) is 13.5 Å². The van der Waals surface area contributed by atoms with Crippen LogP contribution in [0.5, 0.6) is 5.75 Å². The van der Waals surface area contributed by atoms with Gasteiger partial charge in [0.05, 0.1) is 12.7 Å². The minimum absolute atomic E-state index is 0.463. The molecule has 5 heteroatoms. The van der Waals surface area contributed by atoms with Crippen LogP contribution in [0, 0.1) is 0 Å². The highest BCUT2D eigenvalue weighted by atomic mass is 16.5. The van der Waals surface area contributed by atoms with E-state index in [4.69, 9.17) is 10.5 Å². The third kappa shape index (κ3) is 2.82. The number of nitrogens with two attached hydrogens (primary N) is 1. The molecule has 0 saturated carbocycles. The zero-order valence-electron chi connectivity index (χ0n) is 12.6. The lowest BCUT2D eigenvalue weighted by atomic mass is 10.0. The van der Waals surface area contributed by atoms with Crippen LogP contribution in [0.3, 0.4) is 0 Å². The third-order valence-corrected chi connectivity index (χ3v) is 3.31. The smallest absolute Gasteiger partial charge is 0.161 e. The molecule has 0 bridgehead atoms. The van der Waals surface area contributed by atoms with Gasteiger partial charge in [-0.1, -0.05) is 19.9 Å². The van der Waals surface area contributed by atoms with E-state index in [0.29, 0.717) is 18.9 Å². The van der Waals surface area contributed by atoms with E-state index in [2.05, 4.69) is 36.1 Å². The summed E-state index contributed by atoms with van der Waals surface area (Å²) in [7, 11) is 3.57. The number of nitrogens with zero attached hydrogens (tertiary/aromatic N) is 3. The van der Waals surface area contributed by atoms with E-state index in [9.17, 15) is 0 Å². The molecule has 0 atom stereocenters. The Hall–Kier alpha value is -1.88. The van der Waals surface area contributed by atoms with Crippen molar-refractivity contribution in [2.45, 2.75) is 26.2 Å². The Balaban J connectivity index is 2.46. The molecule has 1 heterocycles. The fourth-order valence-corrected chi connectivity index (χ4v) is 2.16. The molecule has 1 aromatic carbocycles. The van der Waals surface area contributed by atoms with Crippen LogP contribution in [-0.2, 0) is 13.5 Å². The van der Waals surface area contributed by atoms with Crippen molar-refractivity contribution in [3.63, 3.8) is 0 Å². The zero-order chi connectivity index (χ0) is 14.7. The van der Waals surface area contributed by atoms with Gasteiger partial charge in [0.25, 0.3) is 0 Å². The summed E-state index contributed by atoms with van der Waals surface area (Å²) >= 11 is 0. The van der Waals surface area contributed by atoms with Gasteiger partial charge in [-0.15, -0.1) is 0 Å². The number of rotatable bonds is 5. The van der Waals surface area contributed by atoms with Gasteiger partial charge in [0.15, 0.2) is 11.6 Å². The second-order valence-electron chi connectivity index (χ2n) is 5.13. The molecule has 0 spiro atoms. The lowest BCUT2D eigenvalue weighted by Crippen LogP contribution is -2.04. The van der Waals surface area contributed by atoms with Crippen molar-refractivity contribution in [3.8, 4) is 17.1 Å². The van der Waals surface area contributed by atoms with Crippen LogP contribution in [-0.4, -0.2) is 28.4 Å². The van der Waals surface area contributed by atoms with Gasteiger partial charge in [-0.05, 0) is 30.2 Å². The molecule has 0 radical (unpaired) electrons. The van der Waals surface area contributed by atoms with E-state index in [1.807, 2.05) is 13.1 Å². The Labute approximate surface area is 119 Å². The van der Waals surface area contributed by atoms with Gasteiger partial charge >= 0.3 is 0 Å². The summed E-state index contributed by atoms with van der Waals surface area (Å²) < 4.78 is 7.28. The van der Waals surface area contributed by atoms with Crippen molar-refractivity contribution >= 4 is 0 Å². The second kappa shape index (κ2) is 6.05. The highest BCUT2D eigenvalue weighted by molar-refractivity contribution is 5.65. The molecule has 20 heavy (non-hydrogen) atoms. The Kier molecular flexibility index (Phi) is 4.39. The van der Waals surface area contributed by atoms with Gasteiger partial charge < -0.3 is 10.5 Å². The highest BCUT2D eigenvalue weighted by Crippen LogP contribution is 2.31. The molecular formula is C15H22N4O. The van der Waals surface area contributed by atoms with Crippen LogP contribution < -0.4 is 10.5 Å². The molecule has 0 aliphatic heterocycles. The molecule has 2 aromatic rings. The Morgan fingerprint density at radius 3 is 2.70 bits per heavy atom. The van der Waals surface area contributed by atoms with Crippen LogP contribution in [0.4, 0.5) is 0 Å². The van der Waals surface area contributed by atoms with Crippen molar-refractivity contribution in [1.29, 1.82) is 0 Å². The number of hydrogen-bond donors (Lipinski definition) is 1. The Bertz CT molecular complexity index is 590. The first-order valence-corrected chi connectivity index (χ1v) is 6.85. The predicted octanol–water partition coefficient (Wildman–Crippen LogP) is 2.12. The van der Waals surface area contributed by atoms with E-state index < -0.39 is 0 Å². The van der Waals surface area contributed by atoms with Crippen molar-refractivity contribution in [2.24, 2.45) is 12.8 Å². The van der Waals surface area contributed by atoms with Gasteiger partial charge in [-0.3, -0.25) is 0 Å². The van der Waals surface area contributed by atoms with Crippen LogP contribution >= 0.6 is 0 Å². The van der Waals surface area contributed by atoms with E-state index >= 15 is 0 Å². The van der Waals surface area contributed by atoms with Crippen molar-refractivity contribution in [3.05, 3.63) is 29.6 Å². The lowest BCUT2D eigenvalue weighted by Gasteiger charge is -2.12. The number of ether oxygens (including phenoxy) is 1. The molecule has 108 valence electrons. The van der Waals surface area contributed by atoms with E-state index in [0.717, 1.165) is 23.0 Å². The molecule has 0 aliphatic carbocycles. The molecule has 2 rings (SSSR count). The zero-order valence-corrected chi connectivity index (χ0v) is 12.6. The second-order valence-corrected chi connectivity index (χ2v) is 5.13. The Morgan fingerprint density at radius 2 is 2.10 bits per heavy atom. The fourth-order valence-electron chi connectivity index (χ4n) is 2.16. The maximum atomic E-state index is 5.55. The fraction of sp³-hybridized carbons (Fsp3) is 0.467. The van der Waals surface area contributed by atoms with Crippen LogP contribution in [0.2, 0.25) is 0 Å². The van der Waals surface area contributed by atoms with Crippen molar-refractivity contribution in [2.75, 3.05) is 13.7 Å². The number of aryl methyl sites for hydroxylation is 1. The highest BCUT2D eigenvalue weighted by Gasteiger charge is 2.15. The maximum Gasteiger partial charge on any atom is 0.161 e. The molecular weight excluding hydrogens is 252 g/mol. The number of methoxy groups -OCH3 is 1. The first-order chi connectivity index (χ1) is 9.56. The maximum absolute atomic E-state index is 5.55. The molecule has 5 nitrogen and oxygen atoms in total. The van der Waals surface area contributed by atoms with Crippen LogP contribution in [0.15, 0.2) is 18.2 Å². The van der Waals surface area contributed by atoms with Gasteiger partial charge in [0.2, 0.25) is 0 Å². The van der Waals surface area contributed by atoms with Crippen LogP contribution in [0.25, 0.3) is 11.4 Å². The van der Waals surface area contributed by atoms with E-state index in [-0.39, 0.29) is 0 Å². The van der Waals surface area contributed by atoms with E-state index in [1.54, 1.807) is 11.8 Å². The average molecular weight is 274 g/mol. The summed E-state index contributed by atoms with van der Waals surface area (Å²) in [6.07, 6.45) is 0.681. The summed E-state index contributed by atoms with van der Waals surface area (Å²) in [5.74, 6) is 2.86. The van der Waals surface area contributed by atoms with Gasteiger partial charge in [-0.25, -0.2) is 9.67 Å². The standard InChI is InChI=1S/C15H22N4O/c1-10(2)11-5-6-12(13(9-11)20-4)15-17-14(7-8-16)18-19(15)3/h5-6,9-10H,7-8,16H2,1-4H3. The minimum Gasteiger partial charge on any atom is -0.496 e. The SMILES string of the molecule is COc1cc(C(C)C)ccc1-c1nc(CCN)nn1C. The predicted molar refractivity (Wildman–Crippen MR) is 79.8 cm³/mol. The molecule has 1 aromatic heterocycles. The topological polar surface area (TPSA) is 66.0 Å². The molecule has 2 N–H and O–H groups in total. The Morgan fingerprint density at radius 1 is 1.35 bits per heavy atom. The summed E-state index contributed by atoms with van der Waals surface area (Å²) in [6, 6.07) is 6.22. The third-order valence-electron chi connectivity index (χ3n) is 3.31. The molecule has 0 fully saturated rings. The molecule has 0 amide bonds. The van der Waals surface area contributed by atoms with Gasteiger partial charge in [0.1, 0.15) is 5.75 Å². The quantitative estimate of drug-likeness (QED) is 0.907. The average Bonchev–Trinajstić information content (AvgIpc) is 2.79. The summed E-state index contributed by atoms with van der Waals surface area (Å²) in [5, 5.41) is 4.38. The normalized spacial score (nSPS) is 11.1. The number of hydrogen-bond acceptors (Lipinski definition) is 4. The van der Waals surface area contributed by atoms with Gasteiger partial charge in [-0.2, -0.15) is 5.10 Å². The monoisotopic (exact) mass is 274 g/mol. The van der Waals surface area contributed by atoms with Crippen molar-refractivity contribution in [1.82, 2.24) is 14.8 Å². The summed E-state index contributed by atoms with van der Waals surface area (Å²) in [5.41, 5.74) is 7.75. The van der Waals surface area contributed by atoms with Crippen molar-refractivity contribution < 1.29 is 4.74 Å². The molecule has 0 saturated heterocycles. The summed E-state index contributed by atoms with van der Waals surface area (Å²) in [6.45, 7) is 4.87. The first kappa shape index (κ1) is 14.5. The lowest BCUT2D eigenvalue weighted by molar-refractivity contribution is 0.415. The minimum atomic E-state index is 0.463. The molecule has 0 aliphatic rings. The first-order valence-electron chi connectivity index (χ1n) is 6.85. The largest absolute Gasteiger partial charge is 0.496 e. The summed E-state index contributed by atoms with van der Waals surface area (Å²) in [4.78, 5) is 4.54. The van der Waals surface area contributed by atoms with Crippen LogP contribution in [0.1, 0.15) is 31.2 Å². The molecule has 0 unspecified atom stereocenters. The van der Waals surface area contributed by atoms with E-state index in [1.165, 1.54) is 5.56 Å². The number of benzene rings is 1.